The highest BCUT2D eigenvalue weighted by Gasteiger charge is 2.15. The normalized spacial score (nSPS) is 10.2. The predicted molar refractivity (Wildman–Crippen MR) is 75.6 cm³/mol. The third-order valence-corrected chi connectivity index (χ3v) is 2.59. The van der Waals surface area contributed by atoms with Crippen LogP contribution in [0.3, 0.4) is 0 Å². The third-order valence-electron chi connectivity index (χ3n) is 2.59. The SMILES string of the molecule is CCCOCCCNC(=O)c1ccc(N)c([N+](=O)[O-])c1. The molecule has 0 saturated carbocycles. The molecule has 3 N–H and O–H groups in total. The molecule has 0 aliphatic rings. The number of nitrogens with one attached hydrogen (secondary N) is 1. The van der Waals surface area contributed by atoms with Gasteiger partial charge in [-0.2, -0.15) is 0 Å². The third kappa shape index (κ3) is 4.85. The molecule has 0 unspecified atom stereocenters. The number of benzene rings is 1. The number of anilines is 1. The van der Waals surface area contributed by atoms with E-state index >= 15 is 0 Å². The Morgan fingerprint density at radius 2 is 2.20 bits per heavy atom. The number of rotatable bonds is 8. The van der Waals surface area contributed by atoms with E-state index in [9.17, 15) is 14.9 Å². The highest BCUT2D eigenvalue weighted by Crippen LogP contribution is 2.22. The van der Waals surface area contributed by atoms with Gasteiger partial charge in [0.2, 0.25) is 0 Å². The van der Waals surface area contributed by atoms with Crippen molar-refractivity contribution in [2.75, 3.05) is 25.5 Å². The molecular weight excluding hydrogens is 262 g/mol. The predicted octanol–water partition coefficient (Wildman–Crippen LogP) is 1.72. The molecule has 110 valence electrons. The molecule has 0 heterocycles. The molecule has 1 aromatic rings. The van der Waals surface area contributed by atoms with Crippen LogP contribution in [0.2, 0.25) is 0 Å². The van der Waals surface area contributed by atoms with Gasteiger partial charge in [0.1, 0.15) is 5.69 Å². The van der Waals surface area contributed by atoms with Crippen molar-refractivity contribution in [1.82, 2.24) is 5.32 Å². The van der Waals surface area contributed by atoms with E-state index in [1.165, 1.54) is 18.2 Å². The number of amides is 1. The lowest BCUT2D eigenvalue weighted by Gasteiger charge is -2.06. The molecular formula is C13H19N3O4. The lowest BCUT2D eigenvalue weighted by Crippen LogP contribution is -2.25. The van der Waals surface area contributed by atoms with Gasteiger partial charge in [-0.05, 0) is 25.0 Å². The molecule has 0 saturated heterocycles. The summed E-state index contributed by atoms with van der Waals surface area (Å²) in [6.07, 6.45) is 1.66. The summed E-state index contributed by atoms with van der Waals surface area (Å²) >= 11 is 0. The largest absolute Gasteiger partial charge is 0.393 e. The minimum Gasteiger partial charge on any atom is -0.393 e. The number of carbonyl (C=O) groups is 1. The highest BCUT2D eigenvalue weighted by atomic mass is 16.6. The number of nitrogen functional groups attached to an aromatic ring is 1. The van der Waals surface area contributed by atoms with Crippen LogP contribution in [0.25, 0.3) is 0 Å². The molecule has 0 bridgehead atoms. The summed E-state index contributed by atoms with van der Waals surface area (Å²) in [5, 5.41) is 13.4. The lowest BCUT2D eigenvalue weighted by atomic mass is 10.1. The molecule has 0 aromatic heterocycles. The molecule has 7 heteroatoms. The highest BCUT2D eigenvalue weighted by molar-refractivity contribution is 5.95. The first-order valence-corrected chi connectivity index (χ1v) is 6.46. The van der Waals surface area contributed by atoms with Crippen molar-refractivity contribution in [2.24, 2.45) is 0 Å². The van der Waals surface area contributed by atoms with E-state index in [4.69, 9.17) is 10.5 Å². The Morgan fingerprint density at radius 3 is 2.85 bits per heavy atom. The molecule has 7 nitrogen and oxygen atoms in total. The maximum atomic E-state index is 11.8. The van der Waals surface area contributed by atoms with Gasteiger partial charge in [0, 0.05) is 31.4 Å². The Kier molecular flexibility index (Phi) is 6.45. The van der Waals surface area contributed by atoms with Crippen molar-refractivity contribution >= 4 is 17.3 Å². The van der Waals surface area contributed by atoms with Gasteiger partial charge in [0.05, 0.1) is 4.92 Å². The molecule has 0 aliphatic heterocycles. The molecule has 0 fully saturated rings. The summed E-state index contributed by atoms with van der Waals surface area (Å²) in [7, 11) is 0. The summed E-state index contributed by atoms with van der Waals surface area (Å²) in [6.45, 7) is 3.77. The van der Waals surface area contributed by atoms with Gasteiger partial charge in [-0.1, -0.05) is 6.92 Å². The number of nitrogens with zero attached hydrogens (tertiary/aromatic N) is 1. The zero-order chi connectivity index (χ0) is 15.0. The zero-order valence-electron chi connectivity index (χ0n) is 11.4. The van der Waals surface area contributed by atoms with Crippen LogP contribution < -0.4 is 11.1 Å². The maximum absolute atomic E-state index is 11.8. The molecule has 20 heavy (non-hydrogen) atoms. The summed E-state index contributed by atoms with van der Waals surface area (Å²) in [5.41, 5.74) is 5.47. The zero-order valence-corrected chi connectivity index (χ0v) is 11.4. The molecule has 1 aromatic carbocycles. The van der Waals surface area contributed by atoms with Crippen LogP contribution in [0.5, 0.6) is 0 Å². The second-order valence-electron chi connectivity index (χ2n) is 4.25. The Hall–Kier alpha value is -2.15. The molecule has 0 radical (unpaired) electrons. The van der Waals surface area contributed by atoms with Gasteiger partial charge >= 0.3 is 0 Å². The minimum atomic E-state index is -0.606. The fraction of sp³-hybridized carbons (Fsp3) is 0.462. The average Bonchev–Trinajstić information content (AvgIpc) is 2.42. The van der Waals surface area contributed by atoms with E-state index in [1.807, 2.05) is 6.92 Å². The van der Waals surface area contributed by atoms with Crippen molar-refractivity contribution in [3.8, 4) is 0 Å². The summed E-state index contributed by atoms with van der Waals surface area (Å²) in [6, 6.07) is 4.00. The topological polar surface area (TPSA) is 107 Å². The van der Waals surface area contributed by atoms with Crippen LogP contribution in [0.1, 0.15) is 30.1 Å². The van der Waals surface area contributed by atoms with E-state index in [0.717, 1.165) is 6.42 Å². The average molecular weight is 281 g/mol. The van der Waals surface area contributed by atoms with E-state index in [0.29, 0.717) is 26.2 Å². The van der Waals surface area contributed by atoms with Crippen LogP contribution in [-0.2, 0) is 4.74 Å². The Labute approximate surface area is 117 Å². The van der Waals surface area contributed by atoms with Crippen LogP contribution in [-0.4, -0.2) is 30.6 Å². The smallest absolute Gasteiger partial charge is 0.292 e. The van der Waals surface area contributed by atoms with Gasteiger partial charge in [-0.3, -0.25) is 14.9 Å². The Bertz CT molecular complexity index is 477. The number of hydrogen-bond donors (Lipinski definition) is 2. The number of ether oxygens (including phenoxy) is 1. The van der Waals surface area contributed by atoms with E-state index in [1.54, 1.807) is 0 Å². The van der Waals surface area contributed by atoms with Gasteiger partial charge in [-0.15, -0.1) is 0 Å². The Morgan fingerprint density at radius 1 is 1.45 bits per heavy atom. The maximum Gasteiger partial charge on any atom is 0.292 e. The fourth-order valence-corrected chi connectivity index (χ4v) is 1.57. The standard InChI is InChI=1S/C13H19N3O4/c1-2-7-20-8-3-6-15-13(17)10-4-5-11(14)12(9-10)16(18)19/h4-5,9H,2-3,6-8,14H2,1H3,(H,15,17). The summed E-state index contributed by atoms with van der Waals surface area (Å²) < 4.78 is 5.28. The van der Waals surface area contributed by atoms with Gasteiger partial charge in [0.15, 0.2) is 0 Å². The number of nitro benzene ring substituents is 1. The van der Waals surface area contributed by atoms with Crippen LogP contribution in [0, 0.1) is 10.1 Å². The first kappa shape index (κ1) is 15.9. The first-order chi connectivity index (χ1) is 9.56. The van der Waals surface area contributed by atoms with Crippen molar-refractivity contribution < 1.29 is 14.5 Å². The molecule has 0 aliphatic carbocycles. The molecule has 0 spiro atoms. The van der Waals surface area contributed by atoms with Gasteiger partial charge in [-0.25, -0.2) is 0 Å². The number of nitro groups is 1. The molecule has 1 rings (SSSR count). The van der Waals surface area contributed by atoms with Gasteiger partial charge in [0.25, 0.3) is 11.6 Å². The van der Waals surface area contributed by atoms with Gasteiger partial charge < -0.3 is 15.8 Å². The second kappa shape index (κ2) is 8.11. The Balaban J connectivity index is 2.47. The second-order valence-corrected chi connectivity index (χ2v) is 4.25. The monoisotopic (exact) mass is 281 g/mol. The molecule has 0 atom stereocenters. The molecule has 1 amide bonds. The van der Waals surface area contributed by atoms with Crippen molar-refractivity contribution in [3.63, 3.8) is 0 Å². The number of hydrogen-bond acceptors (Lipinski definition) is 5. The minimum absolute atomic E-state index is 0.0412. The summed E-state index contributed by atoms with van der Waals surface area (Å²) in [4.78, 5) is 21.9. The van der Waals surface area contributed by atoms with Crippen LogP contribution >= 0.6 is 0 Å². The lowest BCUT2D eigenvalue weighted by molar-refractivity contribution is -0.383. The van der Waals surface area contributed by atoms with Crippen molar-refractivity contribution in [2.45, 2.75) is 19.8 Å². The van der Waals surface area contributed by atoms with Crippen LogP contribution in [0.4, 0.5) is 11.4 Å². The van der Waals surface area contributed by atoms with Crippen LogP contribution in [0.15, 0.2) is 18.2 Å². The number of nitrogens with two attached hydrogens (primary N) is 1. The fourth-order valence-electron chi connectivity index (χ4n) is 1.57. The first-order valence-electron chi connectivity index (χ1n) is 6.46. The van der Waals surface area contributed by atoms with E-state index < -0.39 is 4.92 Å². The van der Waals surface area contributed by atoms with E-state index in [-0.39, 0.29) is 22.8 Å². The number of carbonyl (C=O) groups excluding carboxylic acids is 1. The summed E-state index contributed by atoms with van der Waals surface area (Å²) in [5.74, 6) is -0.358. The quantitative estimate of drug-likeness (QED) is 0.326. The van der Waals surface area contributed by atoms with E-state index in [2.05, 4.69) is 5.32 Å². The van der Waals surface area contributed by atoms with Crippen molar-refractivity contribution in [1.29, 1.82) is 0 Å². The van der Waals surface area contributed by atoms with Crippen molar-refractivity contribution in [3.05, 3.63) is 33.9 Å².